The molecule has 0 nitrogen and oxygen atoms in total. The van der Waals surface area contributed by atoms with Crippen LogP contribution in [0.15, 0.2) is 42.5 Å². The van der Waals surface area contributed by atoms with Gasteiger partial charge in [-0.3, -0.25) is 0 Å². The molecule has 0 heterocycles. The van der Waals surface area contributed by atoms with Crippen molar-refractivity contribution < 1.29 is 0 Å². The number of hydrogen-bond donors (Lipinski definition) is 0. The van der Waals surface area contributed by atoms with Crippen molar-refractivity contribution in [3.8, 4) is 11.1 Å². The molecule has 0 spiro atoms. The second-order valence-corrected chi connectivity index (χ2v) is 4.51. The Labute approximate surface area is 104 Å². The lowest BCUT2D eigenvalue weighted by atomic mass is 9.93. The molecule has 0 aliphatic carbocycles. The summed E-state index contributed by atoms with van der Waals surface area (Å²) in [4.78, 5) is 0. The fourth-order valence-corrected chi connectivity index (χ4v) is 2.30. The molecule has 0 fully saturated rings. The highest BCUT2D eigenvalue weighted by molar-refractivity contribution is 5.70. The molecule has 88 valence electrons. The molecule has 0 saturated heterocycles. The van der Waals surface area contributed by atoms with E-state index < -0.39 is 0 Å². The molecule has 0 radical (unpaired) electrons. The standard InChI is InChI=1S/C17H20/c1-4-14-10-11-17(15(5-2)12-14)16-9-7-6-8-13(16)3/h6-12H,4-5H2,1-3H3. The van der Waals surface area contributed by atoms with Crippen LogP contribution in [0.3, 0.4) is 0 Å². The van der Waals surface area contributed by atoms with Crippen molar-refractivity contribution >= 4 is 0 Å². The Balaban J connectivity index is 2.56. The van der Waals surface area contributed by atoms with Gasteiger partial charge in [0, 0.05) is 0 Å². The smallest absolute Gasteiger partial charge is 0.0149 e. The van der Waals surface area contributed by atoms with Crippen LogP contribution in [-0.4, -0.2) is 0 Å². The van der Waals surface area contributed by atoms with Crippen molar-refractivity contribution in [2.24, 2.45) is 0 Å². The van der Waals surface area contributed by atoms with Crippen LogP contribution in [0.4, 0.5) is 0 Å². The Morgan fingerprint density at radius 1 is 0.824 bits per heavy atom. The predicted octanol–water partition coefficient (Wildman–Crippen LogP) is 4.79. The van der Waals surface area contributed by atoms with Crippen LogP contribution in [0.1, 0.15) is 30.5 Å². The fourth-order valence-electron chi connectivity index (χ4n) is 2.30. The third kappa shape index (κ3) is 2.41. The van der Waals surface area contributed by atoms with Gasteiger partial charge in [0.2, 0.25) is 0 Å². The number of hydrogen-bond acceptors (Lipinski definition) is 0. The summed E-state index contributed by atoms with van der Waals surface area (Å²) >= 11 is 0. The van der Waals surface area contributed by atoms with Crippen LogP contribution in [-0.2, 0) is 12.8 Å². The minimum atomic E-state index is 1.09. The highest BCUT2D eigenvalue weighted by atomic mass is 14.1. The van der Waals surface area contributed by atoms with E-state index in [1.807, 2.05) is 0 Å². The van der Waals surface area contributed by atoms with Crippen LogP contribution < -0.4 is 0 Å². The van der Waals surface area contributed by atoms with Crippen molar-refractivity contribution in [2.75, 3.05) is 0 Å². The maximum atomic E-state index is 2.35. The van der Waals surface area contributed by atoms with Crippen LogP contribution in [0.2, 0.25) is 0 Å². The molecular weight excluding hydrogens is 204 g/mol. The Kier molecular flexibility index (Phi) is 3.63. The van der Waals surface area contributed by atoms with E-state index in [0.717, 1.165) is 12.8 Å². The average Bonchev–Trinajstić information content (AvgIpc) is 2.38. The van der Waals surface area contributed by atoms with Crippen molar-refractivity contribution in [1.82, 2.24) is 0 Å². The molecule has 2 aromatic rings. The summed E-state index contributed by atoms with van der Waals surface area (Å²) in [6.07, 6.45) is 2.21. The first-order chi connectivity index (χ1) is 8.26. The zero-order valence-electron chi connectivity index (χ0n) is 11.0. The normalized spacial score (nSPS) is 10.5. The Morgan fingerprint density at radius 3 is 2.24 bits per heavy atom. The molecule has 2 aromatic carbocycles. The van der Waals surface area contributed by atoms with E-state index in [-0.39, 0.29) is 0 Å². The van der Waals surface area contributed by atoms with Crippen LogP contribution in [0, 0.1) is 6.92 Å². The number of aryl methyl sites for hydroxylation is 3. The van der Waals surface area contributed by atoms with E-state index in [1.54, 1.807) is 0 Å². The zero-order chi connectivity index (χ0) is 12.3. The van der Waals surface area contributed by atoms with E-state index in [9.17, 15) is 0 Å². The molecule has 0 N–H and O–H groups in total. The maximum Gasteiger partial charge on any atom is -0.0149 e. The largest absolute Gasteiger partial charge is 0.0620 e. The van der Waals surface area contributed by atoms with E-state index in [2.05, 4.69) is 63.2 Å². The lowest BCUT2D eigenvalue weighted by Crippen LogP contribution is -1.92. The van der Waals surface area contributed by atoms with E-state index >= 15 is 0 Å². The van der Waals surface area contributed by atoms with Gasteiger partial charge in [0.05, 0.1) is 0 Å². The van der Waals surface area contributed by atoms with Gasteiger partial charge < -0.3 is 0 Å². The SMILES string of the molecule is CCc1ccc(-c2ccccc2C)c(CC)c1. The first-order valence-electron chi connectivity index (χ1n) is 6.44. The molecule has 0 aliphatic rings. The summed E-state index contributed by atoms with van der Waals surface area (Å²) < 4.78 is 0. The van der Waals surface area contributed by atoms with Gasteiger partial charge in [-0.15, -0.1) is 0 Å². The van der Waals surface area contributed by atoms with Crippen molar-refractivity contribution in [2.45, 2.75) is 33.6 Å². The summed E-state index contributed by atoms with van der Waals surface area (Å²) in [5, 5.41) is 0. The van der Waals surface area contributed by atoms with Gasteiger partial charge in [-0.1, -0.05) is 56.3 Å². The second-order valence-electron chi connectivity index (χ2n) is 4.51. The van der Waals surface area contributed by atoms with Crippen molar-refractivity contribution in [1.29, 1.82) is 0 Å². The number of rotatable bonds is 3. The van der Waals surface area contributed by atoms with Crippen LogP contribution >= 0.6 is 0 Å². The third-order valence-electron chi connectivity index (χ3n) is 3.39. The Morgan fingerprint density at radius 2 is 1.59 bits per heavy atom. The first kappa shape index (κ1) is 11.9. The van der Waals surface area contributed by atoms with Gasteiger partial charge in [-0.05, 0) is 47.6 Å². The van der Waals surface area contributed by atoms with Gasteiger partial charge in [-0.25, -0.2) is 0 Å². The first-order valence-corrected chi connectivity index (χ1v) is 6.44. The second kappa shape index (κ2) is 5.18. The molecule has 2 rings (SSSR count). The van der Waals surface area contributed by atoms with E-state index in [4.69, 9.17) is 0 Å². The minimum Gasteiger partial charge on any atom is -0.0620 e. The lowest BCUT2D eigenvalue weighted by molar-refractivity contribution is 1.09. The molecule has 0 aliphatic heterocycles. The molecule has 17 heavy (non-hydrogen) atoms. The molecule has 0 unspecified atom stereocenters. The maximum absolute atomic E-state index is 2.35. The Hall–Kier alpha value is -1.56. The lowest BCUT2D eigenvalue weighted by Gasteiger charge is -2.12. The Bertz CT molecular complexity index is 509. The topological polar surface area (TPSA) is 0 Å². The van der Waals surface area contributed by atoms with Gasteiger partial charge in [0.25, 0.3) is 0 Å². The summed E-state index contributed by atoms with van der Waals surface area (Å²) in [6, 6.07) is 15.5. The summed E-state index contributed by atoms with van der Waals surface area (Å²) in [5.74, 6) is 0. The minimum absolute atomic E-state index is 1.09. The molecule has 0 amide bonds. The number of benzene rings is 2. The van der Waals surface area contributed by atoms with Crippen LogP contribution in [0.25, 0.3) is 11.1 Å². The monoisotopic (exact) mass is 224 g/mol. The highest BCUT2D eigenvalue weighted by Crippen LogP contribution is 2.28. The predicted molar refractivity (Wildman–Crippen MR) is 75.4 cm³/mol. The van der Waals surface area contributed by atoms with Gasteiger partial charge in [0.15, 0.2) is 0 Å². The molecule has 0 bridgehead atoms. The van der Waals surface area contributed by atoms with E-state index in [0.29, 0.717) is 0 Å². The summed E-state index contributed by atoms with van der Waals surface area (Å²) in [7, 11) is 0. The van der Waals surface area contributed by atoms with Gasteiger partial charge in [-0.2, -0.15) is 0 Å². The summed E-state index contributed by atoms with van der Waals surface area (Å²) in [6.45, 7) is 6.63. The third-order valence-corrected chi connectivity index (χ3v) is 3.39. The molecule has 0 heteroatoms. The van der Waals surface area contributed by atoms with E-state index in [1.165, 1.54) is 27.8 Å². The molecule has 0 atom stereocenters. The van der Waals surface area contributed by atoms with Crippen molar-refractivity contribution in [3.63, 3.8) is 0 Å². The van der Waals surface area contributed by atoms with Crippen molar-refractivity contribution in [3.05, 3.63) is 59.2 Å². The highest BCUT2D eigenvalue weighted by Gasteiger charge is 2.06. The summed E-state index contributed by atoms with van der Waals surface area (Å²) in [5.41, 5.74) is 7.00. The van der Waals surface area contributed by atoms with Gasteiger partial charge in [0.1, 0.15) is 0 Å². The van der Waals surface area contributed by atoms with Gasteiger partial charge >= 0.3 is 0 Å². The average molecular weight is 224 g/mol. The quantitative estimate of drug-likeness (QED) is 0.703. The molecule has 0 aromatic heterocycles. The fraction of sp³-hybridized carbons (Fsp3) is 0.294. The zero-order valence-corrected chi connectivity index (χ0v) is 11.0. The van der Waals surface area contributed by atoms with Crippen LogP contribution in [0.5, 0.6) is 0 Å². The molecular formula is C17H20. The molecule has 0 saturated carbocycles.